The van der Waals surface area contributed by atoms with Gasteiger partial charge in [-0.1, -0.05) is 0 Å². The molecule has 3 rings (SSSR count). The summed E-state index contributed by atoms with van der Waals surface area (Å²) in [6.07, 6.45) is 2.62. The number of carbonyl (C=O) groups excluding carboxylic acids is 1. The Morgan fingerprint density at radius 1 is 1.14 bits per heavy atom. The molecule has 2 aliphatic carbocycles. The van der Waals surface area contributed by atoms with Crippen LogP contribution in [0, 0.1) is 29.4 Å². The Morgan fingerprint density at radius 2 is 1.67 bits per heavy atom. The van der Waals surface area contributed by atoms with Crippen molar-refractivity contribution in [1.29, 1.82) is 0 Å². The van der Waals surface area contributed by atoms with Crippen LogP contribution in [0.3, 0.4) is 0 Å². The number of nitrogens with one attached hydrogen (secondary N) is 1. The zero-order valence-electron chi connectivity index (χ0n) is 10.8. The number of hydrogen-bond acceptors (Lipinski definition) is 3. The summed E-state index contributed by atoms with van der Waals surface area (Å²) in [6, 6.07) is 1.18. The molecule has 21 heavy (non-hydrogen) atoms. The summed E-state index contributed by atoms with van der Waals surface area (Å²) in [6.45, 7) is 0. The third kappa shape index (κ3) is 2.89. The van der Waals surface area contributed by atoms with Gasteiger partial charge < -0.3 is 5.32 Å². The van der Waals surface area contributed by atoms with Crippen LogP contribution in [-0.4, -0.2) is 14.3 Å². The molecule has 8 heteroatoms. The summed E-state index contributed by atoms with van der Waals surface area (Å²) < 4.78 is 49.7. The van der Waals surface area contributed by atoms with Crippen molar-refractivity contribution in [3.05, 3.63) is 23.8 Å². The lowest BCUT2D eigenvalue weighted by Crippen LogP contribution is -2.23. The number of benzene rings is 1. The average molecular weight is 336 g/mol. The van der Waals surface area contributed by atoms with E-state index in [-0.39, 0.29) is 5.92 Å². The lowest BCUT2D eigenvalue weighted by molar-refractivity contribution is -0.120. The van der Waals surface area contributed by atoms with Gasteiger partial charge >= 0.3 is 0 Å². The smallest absolute Gasteiger partial charge is 0.261 e. The predicted molar refractivity (Wildman–Crippen MR) is 72.3 cm³/mol. The van der Waals surface area contributed by atoms with Crippen LogP contribution >= 0.6 is 10.7 Å². The Hall–Kier alpha value is -1.21. The standard InChI is InChI=1S/C13H12ClF2NO3S/c14-21(19,20)9-4-10(15)12(11(16)5-9)17-13(18)8-2-6-1-7(6)3-8/h4-8H,1-3H2,(H,17,18). The minimum absolute atomic E-state index is 0.232. The van der Waals surface area contributed by atoms with E-state index >= 15 is 0 Å². The molecule has 1 aromatic rings. The Kier molecular flexibility index (Phi) is 3.44. The first-order chi connectivity index (χ1) is 9.75. The van der Waals surface area contributed by atoms with E-state index in [9.17, 15) is 22.0 Å². The Morgan fingerprint density at radius 3 is 2.14 bits per heavy atom. The second-order valence-electron chi connectivity index (χ2n) is 5.61. The van der Waals surface area contributed by atoms with Gasteiger partial charge in [0, 0.05) is 16.6 Å². The number of halogens is 3. The fourth-order valence-electron chi connectivity index (χ4n) is 2.96. The molecule has 2 fully saturated rings. The van der Waals surface area contributed by atoms with Gasteiger partial charge in [-0.3, -0.25) is 4.79 Å². The average Bonchev–Trinajstić information content (AvgIpc) is 2.99. The van der Waals surface area contributed by atoms with Crippen LogP contribution < -0.4 is 5.32 Å². The molecule has 0 spiro atoms. The molecule has 4 nitrogen and oxygen atoms in total. The van der Waals surface area contributed by atoms with Gasteiger partial charge in [0.15, 0.2) is 11.6 Å². The maximum absolute atomic E-state index is 13.8. The maximum atomic E-state index is 13.8. The predicted octanol–water partition coefficient (Wildman–Crippen LogP) is 2.88. The van der Waals surface area contributed by atoms with Crippen LogP contribution in [0.25, 0.3) is 0 Å². The minimum atomic E-state index is -4.23. The minimum Gasteiger partial charge on any atom is -0.321 e. The highest BCUT2D eigenvalue weighted by Gasteiger charge is 2.48. The van der Waals surface area contributed by atoms with Crippen LogP contribution in [0.4, 0.5) is 14.5 Å². The molecule has 2 saturated carbocycles. The molecule has 0 aliphatic heterocycles. The van der Waals surface area contributed by atoms with Crippen molar-refractivity contribution in [2.45, 2.75) is 24.2 Å². The third-order valence-electron chi connectivity index (χ3n) is 4.16. The summed E-state index contributed by atoms with van der Waals surface area (Å²) in [7, 11) is 0.806. The highest BCUT2D eigenvalue weighted by atomic mass is 35.7. The van der Waals surface area contributed by atoms with Gasteiger partial charge in [-0.15, -0.1) is 0 Å². The van der Waals surface area contributed by atoms with E-state index in [1.54, 1.807) is 0 Å². The Balaban J connectivity index is 1.80. The van der Waals surface area contributed by atoms with Crippen LogP contribution in [0.2, 0.25) is 0 Å². The van der Waals surface area contributed by atoms with Gasteiger partial charge in [0.2, 0.25) is 5.91 Å². The van der Waals surface area contributed by atoms with Crippen molar-refractivity contribution < 1.29 is 22.0 Å². The molecule has 114 valence electrons. The molecule has 2 aliphatic rings. The molecular formula is C13H12ClF2NO3S. The molecule has 0 heterocycles. The molecule has 1 N–H and O–H groups in total. The van der Waals surface area contributed by atoms with Gasteiger partial charge in [-0.05, 0) is 43.2 Å². The Labute approximate surface area is 124 Å². The molecule has 0 aromatic heterocycles. The molecule has 2 unspecified atom stereocenters. The molecule has 1 aromatic carbocycles. The number of carbonyl (C=O) groups is 1. The zero-order chi connectivity index (χ0) is 15.4. The van der Waals surface area contributed by atoms with Gasteiger partial charge in [-0.2, -0.15) is 0 Å². The van der Waals surface area contributed by atoms with Crippen molar-refractivity contribution in [3.8, 4) is 0 Å². The molecule has 0 radical (unpaired) electrons. The lowest BCUT2D eigenvalue weighted by atomic mass is 10.0. The summed E-state index contributed by atoms with van der Waals surface area (Å²) in [5, 5.41) is 2.21. The molecule has 0 bridgehead atoms. The SMILES string of the molecule is O=C(Nc1c(F)cc(S(=O)(=O)Cl)cc1F)C1CC2CC2C1. The molecule has 0 saturated heterocycles. The second-order valence-corrected chi connectivity index (χ2v) is 8.18. The normalized spacial score (nSPS) is 27.3. The second kappa shape index (κ2) is 4.91. The highest BCUT2D eigenvalue weighted by molar-refractivity contribution is 8.13. The van der Waals surface area contributed by atoms with Crippen molar-refractivity contribution in [2.24, 2.45) is 17.8 Å². The van der Waals surface area contributed by atoms with Crippen LogP contribution in [0.1, 0.15) is 19.3 Å². The van der Waals surface area contributed by atoms with Crippen molar-refractivity contribution >= 4 is 31.3 Å². The number of rotatable bonds is 3. The lowest BCUT2D eigenvalue weighted by Gasteiger charge is -2.13. The van der Waals surface area contributed by atoms with E-state index in [1.807, 2.05) is 0 Å². The number of anilines is 1. The van der Waals surface area contributed by atoms with Gasteiger partial charge in [0.25, 0.3) is 9.05 Å². The zero-order valence-corrected chi connectivity index (χ0v) is 12.3. The van der Waals surface area contributed by atoms with E-state index in [1.165, 1.54) is 0 Å². The number of hydrogen-bond donors (Lipinski definition) is 1. The number of amides is 1. The quantitative estimate of drug-likeness (QED) is 0.864. The summed E-state index contributed by atoms with van der Waals surface area (Å²) >= 11 is 0. The van der Waals surface area contributed by atoms with E-state index in [4.69, 9.17) is 10.7 Å². The first-order valence-corrected chi connectivity index (χ1v) is 8.81. The van der Waals surface area contributed by atoms with Gasteiger partial charge in [-0.25, -0.2) is 17.2 Å². The largest absolute Gasteiger partial charge is 0.321 e. The fourth-order valence-corrected chi connectivity index (χ4v) is 3.72. The first-order valence-electron chi connectivity index (χ1n) is 6.50. The summed E-state index contributed by atoms with van der Waals surface area (Å²) in [5.74, 6) is -1.85. The monoisotopic (exact) mass is 335 g/mol. The maximum Gasteiger partial charge on any atom is 0.261 e. The molecular weight excluding hydrogens is 324 g/mol. The molecule has 1 amide bonds. The van der Waals surface area contributed by atoms with E-state index in [0.717, 1.165) is 19.3 Å². The van der Waals surface area contributed by atoms with E-state index in [2.05, 4.69) is 5.32 Å². The number of fused-ring (bicyclic) bond motifs is 1. The van der Waals surface area contributed by atoms with Crippen LogP contribution in [-0.2, 0) is 13.8 Å². The summed E-state index contributed by atoms with van der Waals surface area (Å²) in [4.78, 5) is 11.3. The van der Waals surface area contributed by atoms with Crippen molar-refractivity contribution in [2.75, 3.05) is 5.32 Å². The Bertz CT molecular complexity index is 689. The third-order valence-corrected chi connectivity index (χ3v) is 5.49. The topological polar surface area (TPSA) is 63.2 Å². The van der Waals surface area contributed by atoms with Gasteiger partial charge in [0.05, 0.1) is 4.90 Å². The highest BCUT2D eigenvalue weighted by Crippen LogP contribution is 2.54. The van der Waals surface area contributed by atoms with E-state index < -0.39 is 37.2 Å². The van der Waals surface area contributed by atoms with E-state index in [0.29, 0.717) is 24.0 Å². The van der Waals surface area contributed by atoms with Crippen LogP contribution in [0.5, 0.6) is 0 Å². The summed E-state index contributed by atoms with van der Waals surface area (Å²) in [5.41, 5.74) is -0.635. The van der Waals surface area contributed by atoms with Crippen molar-refractivity contribution in [1.82, 2.24) is 0 Å². The van der Waals surface area contributed by atoms with Crippen molar-refractivity contribution in [3.63, 3.8) is 0 Å². The van der Waals surface area contributed by atoms with Gasteiger partial charge in [0.1, 0.15) is 5.69 Å². The molecule has 2 atom stereocenters. The fraction of sp³-hybridized carbons (Fsp3) is 0.462. The first kappa shape index (κ1) is 14.7. The van der Waals surface area contributed by atoms with Crippen LogP contribution in [0.15, 0.2) is 17.0 Å².